The van der Waals surface area contributed by atoms with Crippen LogP contribution in [0.3, 0.4) is 0 Å². The highest BCUT2D eigenvalue weighted by atomic mass is 16.6. The number of carbonyl (C=O) groups excluding carboxylic acids is 3. The van der Waals surface area contributed by atoms with E-state index in [4.69, 9.17) is 14.2 Å². The molecule has 81 heavy (non-hydrogen) atoms. The van der Waals surface area contributed by atoms with Crippen LogP contribution < -0.4 is 0 Å². The maximum Gasteiger partial charge on any atom is 0.306 e. The smallest absolute Gasteiger partial charge is 0.306 e. The summed E-state index contributed by atoms with van der Waals surface area (Å²) < 4.78 is 16.9. The second kappa shape index (κ2) is 67.8. The molecule has 0 aliphatic rings. The predicted octanol–water partition coefficient (Wildman–Crippen LogP) is 23.1. The van der Waals surface area contributed by atoms with E-state index in [9.17, 15) is 14.4 Å². The van der Waals surface area contributed by atoms with Crippen molar-refractivity contribution in [1.82, 2.24) is 0 Å². The zero-order valence-corrected chi connectivity index (χ0v) is 52.5. The summed E-state index contributed by atoms with van der Waals surface area (Å²) in [5.41, 5.74) is 0. The van der Waals surface area contributed by atoms with Crippen molar-refractivity contribution in [2.75, 3.05) is 13.2 Å². The molecule has 0 saturated heterocycles. The number of hydrogen-bond donors (Lipinski definition) is 0. The fourth-order valence-electron chi connectivity index (χ4n) is 8.81. The molecule has 0 aromatic carbocycles. The maximum absolute atomic E-state index is 12.9. The first kappa shape index (κ1) is 76.3. The van der Waals surface area contributed by atoms with Gasteiger partial charge >= 0.3 is 17.9 Å². The van der Waals surface area contributed by atoms with E-state index in [1.54, 1.807) is 0 Å². The maximum atomic E-state index is 12.9. The van der Waals surface area contributed by atoms with Crippen LogP contribution in [0.25, 0.3) is 0 Å². The van der Waals surface area contributed by atoms with E-state index >= 15 is 0 Å². The fourth-order valence-corrected chi connectivity index (χ4v) is 8.81. The Bertz CT molecular complexity index is 1760. The standard InChI is InChI=1S/C75H122O6/c1-4-7-10-13-16-19-22-25-27-29-30-31-32-33-34-35-36-37-38-39-40-41-42-43-44-46-47-50-53-56-59-62-65-68-74(77)80-71-72(70-79-73(76)67-64-61-58-55-52-49-24-21-18-15-12-9-6-3)81-75(78)69-66-63-60-57-54-51-48-45-28-26-23-20-17-14-11-8-5-2/h7,10,16,19,21,24-28,30-31,33-34,36-37,39-40,42-43,46-47,53,56,72H,4-6,8-9,11-15,17-18,20,22-23,29,32,35,38,41,44-45,48-52,54-55,57-71H2,1-3H3/b10-7-,19-16-,24-21-,27-25-,28-26-,31-30-,34-33-,37-36-,40-39-,43-42-,47-46-,56-53-. The SMILES string of the molecule is CC/C=C\C/C=C\C/C=C\C/C=C\C/C=C\C/C=C\C/C=C\C/C=C\C/C=C\C/C=C\CCCCC(=O)OCC(COC(=O)CCCCCCC/C=C\CCCCCC)OC(=O)CCCCCCCCC/C=C\CCCCCCCC. The van der Waals surface area contributed by atoms with E-state index in [-0.39, 0.29) is 31.1 Å². The molecule has 0 rings (SSSR count). The highest BCUT2D eigenvalue weighted by molar-refractivity contribution is 5.71. The van der Waals surface area contributed by atoms with Crippen LogP contribution >= 0.6 is 0 Å². The quantitative estimate of drug-likeness (QED) is 0.0261. The molecular formula is C75H122O6. The monoisotopic (exact) mass is 1120 g/mol. The molecule has 0 aliphatic heterocycles. The number of allylic oxidation sites excluding steroid dienone is 24. The summed E-state index contributed by atoms with van der Waals surface area (Å²) in [6.45, 7) is 6.47. The molecule has 1 unspecified atom stereocenters. The van der Waals surface area contributed by atoms with Gasteiger partial charge in [-0.3, -0.25) is 14.4 Å². The van der Waals surface area contributed by atoms with Crippen LogP contribution in [0.5, 0.6) is 0 Å². The molecule has 0 N–H and O–H groups in total. The van der Waals surface area contributed by atoms with Gasteiger partial charge in [-0.05, 0) is 148 Å². The largest absolute Gasteiger partial charge is 0.462 e. The Hall–Kier alpha value is -4.71. The van der Waals surface area contributed by atoms with Crippen molar-refractivity contribution >= 4 is 17.9 Å². The fraction of sp³-hybridized carbons (Fsp3) is 0.640. The van der Waals surface area contributed by atoms with Crippen molar-refractivity contribution in [3.63, 3.8) is 0 Å². The molecule has 1 atom stereocenters. The van der Waals surface area contributed by atoms with Crippen LogP contribution in [0.15, 0.2) is 146 Å². The Kier molecular flexibility index (Phi) is 63.9. The Morgan fingerprint density at radius 3 is 0.802 bits per heavy atom. The highest BCUT2D eigenvalue weighted by Crippen LogP contribution is 2.14. The minimum absolute atomic E-state index is 0.101. The van der Waals surface area contributed by atoms with E-state index in [2.05, 4.69) is 167 Å². The van der Waals surface area contributed by atoms with Crippen molar-refractivity contribution in [1.29, 1.82) is 0 Å². The van der Waals surface area contributed by atoms with Crippen molar-refractivity contribution in [3.05, 3.63) is 146 Å². The predicted molar refractivity (Wildman–Crippen MR) is 352 cm³/mol. The summed E-state index contributed by atoms with van der Waals surface area (Å²) in [5.74, 6) is -0.958. The van der Waals surface area contributed by atoms with Gasteiger partial charge in [0.05, 0.1) is 0 Å². The topological polar surface area (TPSA) is 78.9 Å². The van der Waals surface area contributed by atoms with Gasteiger partial charge in [0, 0.05) is 19.3 Å². The van der Waals surface area contributed by atoms with Crippen LogP contribution in [0.2, 0.25) is 0 Å². The molecule has 0 amide bonds. The zero-order chi connectivity index (χ0) is 58.5. The van der Waals surface area contributed by atoms with Gasteiger partial charge in [0.15, 0.2) is 6.10 Å². The second-order valence-corrected chi connectivity index (χ2v) is 21.6. The van der Waals surface area contributed by atoms with Crippen LogP contribution in [-0.2, 0) is 28.6 Å². The lowest BCUT2D eigenvalue weighted by Crippen LogP contribution is -2.30. The summed E-state index contributed by atoms with van der Waals surface area (Å²) in [4.78, 5) is 38.3. The van der Waals surface area contributed by atoms with Gasteiger partial charge < -0.3 is 14.2 Å². The van der Waals surface area contributed by atoms with Crippen molar-refractivity contribution in [2.45, 2.75) is 297 Å². The molecule has 458 valence electrons. The van der Waals surface area contributed by atoms with Crippen molar-refractivity contribution in [2.24, 2.45) is 0 Å². The van der Waals surface area contributed by atoms with E-state index in [1.807, 2.05) is 0 Å². The Morgan fingerprint density at radius 2 is 0.481 bits per heavy atom. The zero-order valence-electron chi connectivity index (χ0n) is 52.5. The molecule has 6 heteroatoms. The van der Waals surface area contributed by atoms with Gasteiger partial charge in [0.2, 0.25) is 0 Å². The first-order valence-corrected chi connectivity index (χ1v) is 33.3. The molecule has 0 aromatic rings. The molecule has 0 heterocycles. The van der Waals surface area contributed by atoms with Crippen LogP contribution in [-0.4, -0.2) is 37.2 Å². The van der Waals surface area contributed by atoms with Crippen molar-refractivity contribution < 1.29 is 28.6 Å². The van der Waals surface area contributed by atoms with Crippen LogP contribution in [0.1, 0.15) is 290 Å². The van der Waals surface area contributed by atoms with E-state index in [0.717, 1.165) is 128 Å². The number of carbonyl (C=O) groups is 3. The number of unbranched alkanes of at least 4 members (excludes halogenated alkanes) is 24. The molecule has 0 saturated carbocycles. The second-order valence-electron chi connectivity index (χ2n) is 21.6. The molecule has 0 aliphatic carbocycles. The Labute approximate surface area is 499 Å². The number of rotatable bonds is 59. The minimum atomic E-state index is -0.808. The summed E-state index contributed by atoms with van der Waals surface area (Å²) in [6.07, 6.45) is 97.2. The Morgan fingerprint density at radius 1 is 0.259 bits per heavy atom. The molecule has 0 aromatic heterocycles. The first-order chi connectivity index (χ1) is 40.0. The third-order valence-corrected chi connectivity index (χ3v) is 13.8. The number of esters is 3. The molecule has 0 spiro atoms. The van der Waals surface area contributed by atoms with E-state index in [1.165, 1.54) is 116 Å². The van der Waals surface area contributed by atoms with Gasteiger partial charge in [0.1, 0.15) is 13.2 Å². The van der Waals surface area contributed by atoms with Crippen LogP contribution in [0.4, 0.5) is 0 Å². The van der Waals surface area contributed by atoms with Gasteiger partial charge in [0.25, 0.3) is 0 Å². The first-order valence-electron chi connectivity index (χ1n) is 33.3. The van der Waals surface area contributed by atoms with Gasteiger partial charge in [-0.1, -0.05) is 269 Å². The third kappa shape index (κ3) is 66.0. The average Bonchev–Trinajstić information content (AvgIpc) is 3.46. The van der Waals surface area contributed by atoms with E-state index in [0.29, 0.717) is 25.7 Å². The lowest BCUT2D eigenvalue weighted by atomic mass is 10.1. The van der Waals surface area contributed by atoms with Gasteiger partial charge in [-0.25, -0.2) is 0 Å². The average molecular weight is 1120 g/mol. The summed E-state index contributed by atoms with van der Waals surface area (Å²) in [7, 11) is 0. The van der Waals surface area contributed by atoms with Gasteiger partial charge in [-0.15, -0.1) is 0 Å². The highest BCUT2D eigenvalue weighted by Gasteiger charge is 2.19. The summed E-state index contributed by atoms with van der Waals surface area (Å²) >= 11 is 0. The lowest BCUT2D eigenvalue weighted by molar-refractivity contribution is -0.167. The molecular weight excluding hydrogens is 997 g/mol. The number of ether oxygens (including phenoxy) is 3. The minimum Gasteiger partial charge on any atom is -0.462 e. The lowest BCUT2D eigenvalue weighted by Gasteiger charge is -2.18. The molecule has 0 bridgehead atoms. The summed E-state index contributed by atoms with van der Waals surface area (Å²) in [5, 5.41) is 0. The van der Waals surface area contributed by atoms with E-state index < -0.39 is 6.10 Å². The summed E-state index contributed by atoms with van der Waals surface area (Å²) in [6, 6.07) is 0. The third-order valence-electron chi connectivity index (χ3n) is 13.8. The van der Waals surface area contributed by atoms with Crippen molar-refractivity contribution in [3.8, 4) is 0 Å². The molecule has 6 nitrogen and oxygen atoms in total. The van der Waals surface area contributed by atoms with Crippen LogP contribution in [0, 0.1) is 0 Å². The van der Waals surface area contributed by atoms with Gasteiger partial charge in [-0.2, -0.15) is 0 Å². The normalized spacial score (nSPS) is 13.1. The molecule has 0 fully saturated rings. The number of hydrogen-bond acceptors (Lipinski definition) is 6. The molecule has 0 radical (unpaired) electrons. The Balaban J connectivity index is 4.40.